The second-order valence-corrected chi connectivity index (χ2v) is 3.51. The van der Waals surface area contributed by atoms with Crippen molar-refractivity contribution in [3.05, 3.63) is 42.5 Å². The highest BCUT2D eigenvalue weighted by Gasteiger charge is 1.97. The Morgan fingerprint density at radius 3 is 2.75 bits per heavy atom. The molecular weight excluding hydrogens is 202 g/mol. The molecule has 3 heteroatoms. The van der Waals surface area contributed by atoms with Crippen LogP contribution in [0.3, 0.4) is 0 Å². The highest BCUT2D eigenvalue weighted by molar-refractivity contribution is 5.62. The lowest BCUT2D eigenvalue weighted by atomic mass is 10.0. The van der Waals surface area contributed by atoms with Gasteiger partial charge in [0.05, 0.1) is 6.61 Å². The van der Waals surface area contributed by atoms with Crippen LogP contribution in [-0.2, 0) is 9.63 Å². The van der Waals surface area contributed by atoms with Crippen molar-refractivity contribution in [3.8, 4) is 0 Å². The van der Waals surface area contributed by atoms with E-state index < -0.39 is 0 Å². The van der Waals surface area contributed by atoms with Crippen LogP contribution >= 0.6 is 0 Å². The van der Waals surface area contributed by atoms with Gasteiger partial charge in [0.15, 0.2) is 0 Å². The van der Waals surface area contributed by atoms with E-state index in [0.29, 0.717) is 13.0 Å². The van der Waals surface area contributed by atoms with Crippen LogP contribution in [-0.4, -0.2) is 13.0 Å². The summed E-state index contributed by atoms with van der Waals surface area (Å²) >= 11 is 0. The number of hydrogen-bond acceptors (Lipinski definition) is 2. The number of unbranched alkanes of at least 4 members (excludes halogenated alkanes) is 1. The minimum Gasteiger partial charge on any atom is -0.277 e. The monoisotopic (exact) mass is 219 g/mol. The Hall–Kier alpha value is -1.61. The van der Waals surface area contributed by atoms with Crippen molar-refractivity contribution in [1.29, 1.82) is 0 Å². The molecule has 0 unspecified atom stereocenters. The first kappa shape index (κ1) is 12.5. The van der Waals surface area contributed by atoms with Gasteiger partial charge in [-0.25, -0.2) is 5.48 Å². The summed E-state index contributed by atoms with van der Waals surface area (Å²) in [6.07, 6.45) is 3.40. The van der Waals surface area contributed by atoms with Gasteiger partial charge in [0, 0.05) is 0 Å². The van der Waals surface area contributed by atoms with E-state index in [1.807, 2.05) is 18.2 Å². The van der Waals surface area contributed by atoms with Gasteiger partial charge in [-0.2, -0.15) is 0 Å². The first-order valence-electron chi connectivity index (χ1n) is 5.38. The van der Waals surface area contributed by atoms with E-state index in [-0.39, 0.29) is 0 Å². The van der Waals surface area contributed by atoms with E-state index >= 15 is 0 Å². The second kappa shape index (κ2) is 7.65. The smallest absolute Gasteiger partial charge is 0.230 e. The first-order chi connectivity index (χ1) is 7.84. The molecule has 0 aromatic heterocycles. The summed E-state index contributed by atoms with van der Waals surface area (Å²) in [4.78, 5) is 14.7. The zero-order chi connectivity index (χ0) is 11.6. The predicted octanol–water partition coefficient (Wildman–Crippen LogP) is 2.55. The van der Waals surface area contributed by atoms with Gasteiger partial charge < -0.3 is 0 Å². The predicted molar refractivity (Wildman–Crippen MR) is 64.5 cm³/mol. The number of rotatable bonds is 8. The maximum Gasteiger partial charge on any atom is 0.230 e. The molecule has 0 saturated carbocycles. The summed E-state index contributed by atoms with van der Waals surface area (Å²) in [6.45, 7) is 4.59. The van der Waals surface area contributed by atoms with Gasteiger partial charge in [-0.15, -0.1) is 0 Å². The van der Waals surface area contributed by atoms with Crippen LogP contribution in [0, 0.1) is 0 Å². The highest BCUT2D eigenvalue weighted by atomic mass is 16.6. The number of carbonyl (C=O) groups is 1. The summed E-state index contributed by atoms with van der Waals surface area (Å²) in [7, 11) is 0. The molecule has 0 saturated heterocycles. The summed E-state index contributed by atoms with van der Waals surface area (Å²) < 4.78 is 0. The molecule has 1 amide bonds. The molecule has 0 atom stereocenters. The SMILES string of the molecule is C=C(CCCCONC=O)c1ccccc1. The molecular formula is C13H17NO2. The third-order valence-corrected chi connectivity index (χ3v) is 2.29. The second-order valence-electron chi connectivity index (χ2n) is 3.51. The lowest BCUT2D eigenvalue weighted by Crippen LogP contribution is -2.12. The Morgan fingerprint density at radius 1 is 1.31 bits per heavy atom. The van der Waals surface area contributed by atoms with Crippen molar-refractivity contribution in [1.82, 2.24) is 5.48 Å². The Balaban J connectivity index is 2.14. The molecule has 86 valence electrons. The molecule has 3 nitrogen and oxygen atoms in total. The quantitative estimate of drug-likeness (QED) is 0.414. The maximum absolute atomic E-state index is 9.88. The average Bonchev–Trinajstić information content (AvgIpc) is 2.34. The third kappa shape index (κ3) is 4.75. The van der Waals surface area contributed by atoms with Gasteiger partial charge in [0.2, 0.25) is 6.41 Å². The Morgan fingerprint density at radius 2 is 2.06 bits per heavy atom. The highest BCUT2D eigenvalue weighted by Crippen LogP contribution is 2.17. The summed E-state index contributed by atoms with van der Waals surface area (Å²) in [5.41, 5.74) is 4.50. The van der Waals surface area contributed by atoms with E-state index in [1.54, 1.807) is 0 Å². The largest absolute Gasteiger partial charge is 0.277 e. The van der Waals surface area contributed by atoms with Crippen molar-refractivity contribution < 1.29 is 9.63 Å². The molecule has 1 rings (SSSR count). The Kier molecular flexibility index (Phi) is 5.96. The molecule has 0 fully saturated rings. The molecule has 1 aromatic carbocycles. The molecule has 0 bridgehead atoms. The third-order valence-electron chi connectivity index (χ3n) is 2.29. The summed E-state index contributed by atoms with van der Waals surface area (Å²) in [5.74, 6) is 0. The molecule has 0 aliphatic carbocycles. The van der Waals surface area contributed by atoms with Crippen molar-refractivity contribution >= 4 is 12.0 Å². The van der Waals surface area contributed by atoms with Gasteiger partial charge in [0.1, 0.15) is 0 Å². The van der Waals surface area contributed by atoms with Crippen LogP contribution in [0.15, 0.2) is 36.9 Å². The number of benzene rings is 1. The van der Waals surface area contributed by atoms with E-state index in [4.69, 9.17) is 4.84 Å². The lowest BCUT2D eigenvalue weighted by molar-refractivity contribution is -0.120. The topological polar surface area (TPSA) is 38.3 Å². The van der Waals surface area contributed by atoms with Crippen molar-refractivity contribution in [2.75, 3.05) is 6.61 Å². The number of nitrogens with one attached hydrogen (secondary N) is 1. The minimum atomic E-state index is 0.531. The summed E-state index contributed by atoms with van der Waals surface area (Å²) in [6, 6.07) is 10.1. The average molecular weight is 219 g/mol. The van der Waals surface area contributed by atoms with Crippen LogP contribution < -0.4 is 5.48 Å². The molecule has 0 heterocycles. The van der Waals surface area contributed by atoms with Crippen LogP contribution in [0.1, 0.15) is 24.8 Å². The molecule has 1 aromatic rings. The van der Waals surface area contributed by atoms with Gasteiger partial charge in [-0.3, -0.25) is 9.63 Å². The molecule has 1 N–H and O–H groups in total. The normalized spacial score (nSPS) is 9.75. The first-order valence-corrected chi connectivity index (χ1v) is 5.38. The molecule has 0 radical (unpaired) electrons. The van der Waals surface area contributed by atoms with Crippen LogP contribution in [0.25, 0.3) is 5.57 Å². The maximum atomic E-state index is 9.88. The molecule has 0 spiro atoms. The van der Waals surface area contributed by atoms with Crippen LogP contribution in [0.2, 0.25) is 0 Å². The number of hydroxylamine groups is 1. The van der Waals surface area contributed by atoms with Gasteiger partial charge in [0.25, 0.3) is 0 Å². The lowest BCUT2D eigenvalue weighted by Gasteiger charge is -2.05. The van der Waals surface area contributed by atoms with Crippen molar-refractivity contribution in [3.63, 3.8) is 0 Å². The van der Waals surface area contributed by atoms with E-state index in [2.05, 4.69) is 24.2 Å². The van der Waals surface area contributed by atoms with Crippen molar-refractivity contribution in [2.45, 2.75) is 19.3 Å². The molecule has 0 aliphatic rings. The zero-order valence-electron chi connectivity index (χ0n) is 9.32. The number of carbonyl (C=O) groups excluding carboxylic acids is 1. The fraction of sp³-hybridized carbons (Fsp3) is 0.308. The fourth-order valence-corrected chi connectivity index (χ4v) is 1.42. The molecule has 0 aliphatic heterocycles. The van der Waals surface area contributed by atoms with Crippen LogP contribution in [0.5, 0.6) is 0 Å². The minimum absolute atomic E-state index is 0.531. The number of amides is 1. The molecule has 16 heavy (non-hydrogen) atoms. The zero-order valence-corrected chi connectivity index (χ0v) is 9.32. The Bertz CT molecular complexity index is 322. The number of allylic oxidation sites excluding steroid dienone is 1. The van der Waals surface area contributed by atoms with Gasteiger partial charge in [-0.05, 0) is 30.4 Å². The van der Waals surface area contributed by atoms with E-state index in [1.165, 1.54) is 5.56 Å². The summed E-state index contributed by atoms with van der Waals surface area (Å²) in [5, 5.41) is 0. The Labute approximate surface area is 96.1 Å². The van der Waals surface area contributed by atoms with E-state index in [0.717, 1.165) is 24.8 Å². The van der Waals surface area contributed by atoms with Crippen molar-refractivity contribution in [2.24, 2.45) is 0 Å². The standard InChI is InChI=1S/C13H17NO2/c1-12(13-8-3-2-4-9-13)7-5-6-10-16-14-11-15/h2-4,8-9,11H,1,5-7,10H2,(H,14,15). The fourth-order valence-electron chi connectivity index (χ4n) is 1.42. The van der Waals surface area contributed by atoms with Crippen LogP contribution in [0.4, 0.5) is 0 Å². The van der Waals surface area contributed by atoms with Gasteiger partial charge >= 0.3 is 0 Å². The number of hydrogen-bond donors (Lipinski definition) is 1. The van der Waals surface area contributed by atoms with Gasteiger partial charge in [-0.1, -0.05) is 36.9 Å². The van der Waals surface area contributed by atoms with E-state index in [9.17, 15) is 4.79 Å².